The van der Waals surface area contributed by atoms with Gasteiger partial charge >= 0.3 is 5.97 Å². The van der Waals surface area contributed by atoms with Crippen LogP contribution in [0.5, 0.6) is 5.75 Å². The maximum atomic E-state index is 12.2. The summed E-state index contributed by atoms with van der Waals surface area (Å²) < 4.78 is 7.22. The fourth-order valence-corrected chi connectivity index (χ4v) is 3.99. The number of aryl methyl sites for hydroxylation is 3. The van der Waals surface area contributed by atoms with Crippen molar-refractivity contribution in [2.45, 2.75) is 31.3 Å². The normalized spacial score (nSPS) is 10.7. The SMILES string of the molecule is COc1ccc(CCCc2nnc(SCC(=O)Nc3ccc(C(=O)O)cc3)n2C)cc1C. The van der Waals surface area contributed by atoms with E-state index in [1.807, 2.05) is 24.6 Å². The van der Waals surface area contributed by atoms with Crippen LogP contribution in [0.2, 0.25) is 0 Å². The Morgan fingerprint density at radius 2 is 1.88 bits per heavy atom. The smallest absolute Gasteiger partial charge is 0.335 e. The molecule has 3 aromatic rings. The number of aromatic carboxylic acids is 1. The van der Waals surface area contributed by atoms with Crippen molar-refractivity contribution in [2.24, 2.45) is 7.05 Å². The predicted molar refractivity (Wildman–Crippen MR) is 124 cm³/mol. The van der Waals surface area contributed by atoms with E-state index >= 15 is 0 Å². The average molecular weight is 455 g/mol. The number of carbonyl (C=O) groups excluding carboxylic acids is 1. The van der Waals surface area contributed by atoms with Gasteiger partial charge in [-0.15, -0.1) is 10.2 Å². The molecule has 0 unspecified atom stereocenters. The molecule has 168 valence electrons. The molecule has 2 aromatic carbocycles. The van der Waals surface area contributed by atoms with Gasteiger partial charge < -0.3 is 19.7 Å². The first-order chi connectivity index (χ1) is 15.4. The molecular weight excluding hydrogens is 428 g/mol. The Balaban J connectivity index is 1.47. The van der Waals surface area contributed by atoms with Gasteiger partial charge in [-0.05, 0) is 61.2 Å². The summed E-state index contributed by atoms with van der Waals surface area (Å²) in [6, 6.07) is 12.3. The van der Waals surface area contributed by atoms with Crippen molar-refractivity contribution in [3.63, 3.8) is 0 Å². The highest BCUT2D eigenvalue weighted by atomic mass is 32.2. The molecule has 9 heteroatoms. The molecule has 0 aliphatic rings. The zero-order valence-corrected chi connectivity index (χ0v) is 19.1. The third kappa shape index (κ3) is 6.10. The van der Waals surface area contributed by atoms with Crippen molar-refractivity contribution < 1.29 is 19.4 Å². The number of hydrogen-bond acceptors (Lipinski definition) is 6. The molecule has 0 bridgehead atoms. The second-order valence-corrected chi connectivity index (χ2v) is 8.28. The van der Waals surface area contributed by atoms with E-state index in [0.717, 1.165) is 36.4 Å². The Hall–Kier alpha value is -3.33. The van der Waals surface area contributed by atoms with Crippen LogP contribution >= 0.6 is 11.8 Å². The maximum absolute atomic E-state index is 12.2. The van der Waals surface area contributed by atoms with E-state index in [-0.39, 0.29) is 17.2 Å². The van der Waals surface area contributed by atoms with Gasteiger partial charge in [0.05, 0.1) is 18.4 Å². The van der Waals surface area contributed by atoms with E-state index in [1.165, 1.54) is 29.5 Å². The number of anilines is 1. The van der Waals surface area contributed by atoms with E-state index in [2.05, 4.69) is 27.6 Å². The van der Waals surface area contributed by atoms with Gasteiger partial charge in [-0.1, -0.05) is 23.9 Å². The Bertz CT molecular complexity index is 1100. The number of thioether (sulfide) groups is 1. The fraction of sp³-hybridized carbons (Fsp3) is 0.304. The summed E-state index contributed by atoms with van der Waals surface area (Å²) in [5.74, 6) is 0.748. The van der Waals surface area contributed by atoms with Crippen LogP contribution in [0.3, 0.4) is 0 Å². The van der Waals surface area contributed by atoms with Gasteiger partial charge in [0.25, 0.3) is 0 Å². The molecule has 0 aliphatic heterocycles. The standard InChI is InChI=1S/C23H26N4O4S/c1-15-13-16(7-12-19(15)31-3)5-4-6-20-25-26-23(27(20)2)32-14-21(28)24-18-10-8-17(9-11-18)22(29)30/h7-13H,4-6,14H2,1-3H3,(H,24,28)(H,29,30). The highest BCUT2D eigenvalue weighted by Gasteiger charge is 2.12. The number of carbonyl (C=O) groups is 2. The van der Waals surface area contributed by atoms with Gasteiger partial charge in [-0.2, -0.15) is 0 Å². The monoisotopic (exact) mass is 454 g/mol. The molecule has 1 aromatic heterocycles. The first-order valence-electron chi connectivity index (χ1n) is 10.1. The summed E-state index contributed by atoms with van der Waals surface area (Å²) in [6.45, 7) is 2.04. The van der Waals surface area contributed by atoms with E-state index in [0.29, 0.717) is 10.8 Å². The third-order valence-electron chi connectivity index (χ3n) is 5.00. The molecule has 0 spiro atoms. The Labute approximate surface area is 191 Å². The van der Waals surface area contributed by atoms with Crippen LogP contribution in [0.1, 0.15) is 33.7 Å². The lowest BCUT2D eigenvalue weighted by Crippen LogP contribution is -2.14. The minimum atomic E-state index is -1.00. The fourth-order valence-electron chi connectivity index (χ4n) is 3.26. The summed E-state index contributed by atoms with van der Waals surface area (Å²) in [5.41, 5.74) is 3.10. The van der Waals surface area contributed by atoms with Crippen molar-refractivity contribution in [2.75, 3.05) is 18.2 Å². The third-order valence-corrected chi connectivity index (χ3v) is 6.02. The highest BCUT2D eigenvalue weighted by molar-refractivity contribution is 7.99. The molecule has 32 heavy (non-hydrogen) atoms. The number of rotatable bonds is 10. The van der Waals surface area contributed by atoms with Crippen molar-refractivity contribution in [3.8, 4) is 5.75 Å². The van der Waals surface area contributed by atoms with Crippen LogP contribution in [-0.4, -0.2) is 44.6 Å². The molecule has 0 radical (unpaired) electrons. The zero-order chi connectivity index (χ0) is 23.1. The largest absolute Gasteiger partial charge is 0.496 e. The van der Waals surface area contributed by atoms with E-state index < -0.39 is 5.97 Å². The molecular formula is C23H26N4O4S. The number of benzene rings is 2. The van der Waals surface area contributed by atoms with Crippen molar-refractivity contribution in [3.05, 3.63) is 65.0 Å². The summed E-state index contributed by atoms with van der Waals surface area (Å²) in [7, 11) is 3.57. The van der Waals surface area contributed by atoms with E-state index in [4.69, 9.17) is 9.84 Å². The van der Waals surface area contributed by atoms with Gasteiger partial charge in [-0.25, -0.2) is 4.79 Å². The molecule has 0 saturated heterocycles. The van der Waals surface area contributed by atoms with Gasteiger partial charge in [0.15, 0.2) is 5.16 Å². The van der Waals surface area contributed by atoms with Crippen LogP contribution in [0.15, 0.2) is 47.6 Å². The Morgan fingerprint density at radius 1 is 1.12 bits per heavy atom. The lowest BCUT2D eigenvalue weighted by Gasteiger charge is -2.08. The molecule has 1 amide bonds. The number of hydrogen-bond donors (Lipinski definition) is 2. The minimum absolute atomic E-state index is 0.172. The second-order valence-electron chi connectivity index (χ2n) is 7.33. The van der Waals surface area contributed by atoms with Gasteiger partial charge in [0.1, 0.15) is 11.6 Å². The molecule has 0 atom stereocenters. The highest BCUT2D eigenvalue weighted by Crippen LogP contribution is 2.21. The lowest BCUT2D eigenvalue weighted by atomic mass is 10.0. The summed E-state index contributed by atoms with van der Waals surface area (Å²) in [5, 5.41) is 20.8. The molecule has 1 heterocycles. The topological polar surface area (TPSA) is 106 Å². The first kappa shape index (κ1) is 23.3. The molecule has 0 saturated carbocycles. The van der Waals surface area contributed by atoms with Crippen LogP contribution < -0.4 is 10.1 Å². The molecule has 2 N–H and O–H groups in total. The van der Waals surface area contributed by atoms with Crippen LogP contribution in [0, 0.1) is 6.92 Å². The number of carboxylic acid groups (broad SMARTS) is 1. The van der Waals surface area contributed by atoms with Crippen LogP contribution in [-0.2, 0) is 24.7 Å². The molecule has 3 rings (SSSR count). The Kier molecular flexibility index (Phi) is 7.88. The number of nitrogens with zero attached hydrogens (tertiary/aromatic N) is 3. The van der Waals surface area contributed by atoms with E-state index in [1.54, 1.807) is 19.2 Å². The zero-order valence-electron chi connectivity index (χ0n) is 18.3. The number of amides is 1. The van der Waals surface area contributed by atoms with Crippen LogP contribution in [0.4, 0.5) is 5.69 Å². The van der Waals surface area contributed by atoms with Gasteiger partial charge in [0.2, 0.25) is 5.91 Å². The number of aromatic nitrogens is 3. The summed E-state index contributed by atoms with van der Waals surface area (Å²) >= 11 is 1.31. The minimum Gasteiger partial charge on any atom is -0.496 e. The quantitative estimate of drug-likeness (QED) is 0.450. The molecule has 8 nitrogen and oxygen atoms in total. The molecule has 0 fully saturated rings. The van der Waals surface area contributed by atoms with Crippen molar-refractivity contribution in [1.82, 2.24) is 14.8 Å². The average Bonchev–Trinajstić information content (AvgIpc) is 3.12. The molecule has 0 aliphatic carbocycles. The van der Waals surface area contributed by atoms with Crippen molar-refractivity contribution in [1.29, 1.82) is 0 Å². The van der Waals surface area contributed by atoms with E-state index in [9.17, 15) is 9.59 Å². The number of carboxylic acids is 1. The number of nitrogens with one attached hydrogen (secondary N) is 1. The Morgan fingerprint density at radius 3 is 2.53 bits per heavy atom. The second kappa shape index (κ2) is 10.8. The summed E-state index contributed by atoms with van der Waals surface area (Å²) in [4.78, 5) is 23.1. The predicted octanol–water partition coefficient (Wildman–Crippen LogP) is 3.74. The maximum Gasteiger partial charge on any atom is 0.335 e. The number of ether oxygens (including phenoxy) is 1. The number of methoxy groups -OCH3 is 1. The first-order valence-corrected chi connectivity index (χ1v) is 11.1. The van der Waals surface area contributed by atoms with Crippen LogP contribution in [0.25, 0.3) is 0 Å². The summed E-state index contributed by atoms with van der Waals surface area (Å²) in [6.07, 6.45) is 2.66. The van der Waals surface area contributed by atoms with Gasteiger partial charge in [-0.3, -0.25) is 4.79 Å². The van der Waals surface area contributed by atoms with Gasteiger partial charge in [0, 0.05) is 19.2 Å². The lowest BCUT2D eigenvalue weighted by molar-refractivity contribution is -0.113. The van der Waals surface area contributed by atoms with Crippen molar-refractivity contribution >= 4 is 29.3 Å².